The Hall–Kier alpha value is -3.88. The summed E-state index contributed by atoms with van der Waals surface area (Å²) >= 11 is 0. The van der Waals surface area contributed by atoms with Gasteiger partial charge in [-0.15, -0.1) is 5.10 Å². The van der Waals surface area contributed by atoms with Crippen LogP contribution in [0.1, 0.15) is 42.7 Å². The van der Waals surface area contributed by atoms with Crippen LogP contribution in [0.2, 0.25) is 0 Å². The predicted octanol–water partition coefficient (Wildman–Crippen LogP) is 4.72. The highest BCUT2D eigenvalue weighted by molar-refractivity contribution is 5.71. The maximum atomic E-state index is 14.3. The molecule has 34 heavy (non-hydrogen) atoms. The van der Waals surface area contributed by atoms with Crippen molar-refractivity contribution in [2.75, 3.05) is 5.73 Å². The summed E-state index contributed by atoms with van der Waals surface area (Å²) in [4.78, 5) is 8.74. The molecule has 4 aromatic rings. The fraction of sp³-hybridized carbons (Fsp3) is 0.280. The second-order valence-corrected chi connectivity index (χ2v) is 8.95. The first-order chi connectivity index (χ1) is 16.5. The lowest BCUT2D eigenvalue weighted by molar-refractivity contribution is 0.227. The first kappa shape index (κ1) is 20.7. The maximum absolute atomic E-state index is 14.3. The van der Waals surface area contributed by atoms with E-state index in [1.54, 1.807) is 12.3 Å². The van der Waals surface area contributed by atoms with E-state index in [0.29, 0.717) is 46.2 Å². The van der Waals surface area contributed by atoms with Crippen molar-refractivity contribution in [2.45, 2.75) is 38.8 Å². The van der Waals surface area contributed by atoms with Crippen LogP contribution in [0.4, 0.5) is 14.6 Å². The summed E-state index contributed by atoms with van der Waals surface area (Å²) in [5.41, 5.74) is 10.8. The molecule has 0 amide bonds. The molecule has 2 N–H and O–H groups in total. The Balaban J connectivity index is 1.61. The molecule has 2 aliphatic rings. The van der Waals surface area contributed by atoms with Crippen LogP contribution in [0.5, 0.6) is 5.75 Å². The fourth-order valence-electron chi connectivity index (χ4n) is 4.51. The minimum absolute atomic E-state index is 0.231. The second kappa shape index (κ2) is 7.86. The van der Waals surface area contributed by atoms with Crippen molar-refractivity contribution < 1.29 is 13.5 Å². The largest absolute Gasteiger partial charge is 0.482 e. The quantitative estimate of drug-likeness (QED) is 0.466. The summed E-state index contributed by atoms with van der Waals surface area (Å²) in [5.74, 6) is 0.322. The Morgan fingerprint density at radius 2 is 1.94 bits per heavy atom. The summed E-state index contributed by atoms with van der Waals surface area (Å²) in [6.45, 7) is 2.55. The zero-order valence-corrected chi connectivity index (χ0v) is 18.5. The molecule has 7 nitrogen and oxygen atoms in total. The Morgan fingerprint density at radius 3 is 2.76 bits per heavy atom. The topological polar surface area (TPSA) is 91.7 Å². The highest BCUT2D eigenvalue weighted by atomic mass is 19.1. The summed E-state index contributed by atoms with van der Waals surface area (Å²) in [6, 6.07) is 7.67. The number of hydrogen-bond acceptors (Lipinski definition) is 6. The van der Waals surface area contributed by atoms with Crippen molar-refractivity contribution in [3.63, 3.8) is 0 Å². The van der Waals surface area contributed by atoms with E-state index < -0.39 is 17.7 Å². The Morgan fingerprint density at radius 1 is 1.09 bits per heavy atom. The van der Waals surface area contributed by atoms with E-state index in [9.17, 15) is 8.78 Å². The van der Waals surface area contributed by atoms with E-state index in [2.05, 4.69) is 20.3 Å². The Kier molecular flexibility index (Phi) is 4.79. The van der Waals surface area contributed by atoms with Gasteiger partial charge < -0.3 is 10.5 Å². The smallest absolute Gasteiger partial charge is 0.166 e. The van der Waals surface area contributed by atoms with Crippen LogP contribution < -0.4 is 10.5 Å². The number of fused-ring (bicyclic) bond motifs is 7. The molecule has 4 heterocycles. The minimum Gasteiger partial charge on any atom is -0.482 e. The zero-order chi connectivity index (χ0) is 23.4. The monoisotopic (exact) mass is 460 g/mol. The van der Waals surface area contributed by atoms with Gasteiger partial charge in [0.15, 0.2) is 11.6 Å². The summed E-state index contributed by atoms with van der Waals surface area (Å²) < 4.78 is 36.7. The van der Waals surface area contributed by atoms with Crippen LogP contribution in [0, 0.1) is 17.6 Å². The van der Waals surface area contributed by atoms with E-state index >= 15 is 0 Å². The van der Waals surface area contributed by atoms with Gasteiger partial charge in [0.05, 0.1) is 23.3 Å². The summed E-state index contributed by atoms with van der Waals surface area (Å²) in [5, 5.41) is 8.87. The van der Waals surface area contributed by atoms with Crippen molar-refractivity contribution in [2.24, 2.45) is 5.92 Å². The van der Waals surface area contributed by atoms with Crippen molar-refractivity contribution in [3.05, 3.63) is 71.2 Å². The lowest BCUT2D eigenvalue weighted by Gasteiger charge is -2.21. The maximum Gasteiger partial charge on any atom is 0.166 e. The van der Waals surface area contributed by atoms with E-state index in [0.717, 1.165) is 30.6 Å². The van der Waals surface area contributed by atoms with Crippen LogP contribution in [0.15, 0.2) is 42.7 Å². The van der Waals surface area contributed by atoms with Crippen molar-refractivity contribution in [1.82, 2.24) is 25.0 Å². The molecule has 1 unspecified atom stereocenters. The van der Waals surface area contributed by atoms with Crippen LogP contribution >= 0.6 is 0 Å². The van der Waals surface area contributed by atoms with Gasteiger partial charge in [-0.1, -0.05) is 5.21 Å². The second-order valence-electron chi connectivity index (χ2n) is 8.95. The van der Waals surface area contributed by atoms with E-state index in [4.69, 9.17) is 10.5 Å². The molecular weight excluding hydrogens is 438 g/mol. The molecule has 0 radical (unpaired) electrons. The summed E-state index contributed by atoms with van der Waals surface area (Å²) in [6.07, 6.45) is 4.88. The lowest BCUT2D eigenvalue weighted by atomic mass is 9.94. The van der Waals surface area contributed by atoms with Gasteiger partial charge in [0.1, 0.15) is 17.7 Å². The van der Waals surface area contributed by atoms with Gasteiger partial charge in [0, 0.05) is 35.9 Å². The molecule has 1 aliphatic heterocycles. The molecule has 3 aromatic heterocycles. The molecule has 2 bridgehead atoms. The number of nitrogens with zero attached hydrogens (tertiary/aromatic N) is 5. The minimum atomic E-state index is -0.571. The number of aromatic nitrogens is 5. The standard InChI is InChI=1S/C25H22F2N6O/c1-13-20-9-17(26)4-5-19(20)23-15(6-18(27)11-29-23)7-21-24(33(32-31-21)12-14-2-3-14)16-8-22(34-13)25(28)30-10-16/h4-6,8-11,13-14H,2-3,7,12H2,1H3,(H2,28,30). The number of hydrogen-bond donors (Lipinski definition) is 1. The van der Waals surface area contributed by atoms with Gasteiger partial charge in [0.25, 0.3) is 0 Å². The van der Waals surface area contributed by atoms with Crippen LogP contribution in [-0.2, 0) is 13.0 Å². The van der Waals surface area contributed by atoms with Crippen LogP contribution in [0.3, 0.4) is 0 Å². The van der Waals surface area contributed by atoms with Gasteiger partial charge in [-0.3, -0.25) is 4.98 Å². The Labute approximate surface area is 194 Å². The van der Waals surface area contributed by atoms with Crippen molar-refractivity contribution in [1.29, 1.82) is 0 Å². The third-order valence-electron chi connectivity index (χ3n) is 6.39. The molecule has 1 saturated carbocycles. The van der Waals surface area contributed by atoms with E-state index in [1.807, 2.05) is 17.7 Å². The number of ether oxygens (including phenoxy) is 1. The SMILES string of the molecule is CC1Oc2cc(cnc2N)-c2c(nnn2CC2CC2)Cc2cc(F)cnc2-c2ccc(F)cc21. The van der Waals surface area contributed by atoms with Gasteiger partial charge in [0.2, 0.25) is 0 Å². The van der Waals surface area contributed by atoms with E-state index in [-0.39, 0.29) is 5.82 Å². The first-order valence-electron chi connectivity index (χ1n) is 11.3. The molecule has 1 fully saturated rings. The van der Waals surface area contributed by atoms with Crippen LogP contribution in [0.25, 0.3) is 22.5 Å². The molecule has 0 spiro atoms. The molecule has 6 rings (SSSR count). The molecule has 1 atom stereocenters. The highest BCUT2D eigenvalue weighted by Crippen LogP contribution is 2.39. The molecule has 0 saturated heterocycles. The molecule has 172 valence electrons. The van der Waals surface area contributed by atoms with Gasteiger partial charge in [-0.2, -0.15) is 0 Å². The molecule has 1 aromatic carbocycles. The number of halogens is 2. The van der Waals surface area contributed by atoms with Crippen LogP contribution in [-0.4, -0.2) is 25.0 Å². The Bertz CT molecular complexity index is 1410. The fourth-order valence-corrected chi connectivity index (χ4v) is 4.51. The van der Waals surface area contributed by atoms with Gasteiger partial charge in [-0.25, -0.2) is 18.4 Å². The van der Waals surface area contributed by atoms with Crippen molar-refractivity contribution in [3.8, 4) is 28.3 Å². The number of rotatable bonds is 2. The third kappa shape index (κ3) is 3.67. The molecule has 9 heteroatoms. The lowest BCUT2D eigenvalue weighted by Crippen LogP contribution is -2.11. The average molecular weight is 460 g/mol. The van der Waals surface area contributed by atoms with E-state index in [1.165, 1.54) is 24.4 Å². The highest BCUT2D eigenvalue weighted by Gasteiger charge is 2.28. The molecular formula is C25H22F2N6O. The first-order valence-corrected chi connectivity index (χ1v) is 11.3. The molecule has 1 aliphatic carbocycles. The normalized spacial score (nSPS) is 17.0. The number of nitrogens with two attached hydrogens (primary N) is 1. The third-order valence-corrected chi connectivity index (χ3v) is 6.39. The number of pyridine rings is 2. The zero-order valence-electron chi connectivity index (χ0n) is 18.5. The summed E-state index contributed by atoms with van der Waals surface area (Å²) in [7, 11) is 0. The van der Waals surface area contributed by atoms with Gasteiger partial charge >= 0.3 is 0 Å². The van der Waals surface area contributed by atoms with Gasteiger partial charge in [-0.05, 0) is 61.6 Å². The number of nitrogen functional groups attached to an aromatic ring is 1. The predicted molar refractivity (Wildman–Crippen MR) is 122 cm³/mol. The number of benzene rings is 1. The number of anilines is 1. The average Bonchev–Trinajstić information content (AvgIpc) is 3.54. The van der Waals surface area contributed by atoms with Crippen molar-refractivity contribution >= 4 is 5.82 Å².